The number of aliphatic hydroxyl groups excluding tert-OH is 1. The first-order chi connectivity index (χ1) is 18.1. The van der Waals surface area contributed by atoms with E-state index < -0.39 is 16.1 Å². The molecule has 1 amide bonds. The molecule has 2 heterocycles. The summed E-state index contributed by atoms with van der Waals surface area (Å²) in [5.74, 6) is 0.0145. The molecule has 0 saturated carbocycles. The summed E-state index contributed by atoms with van der Waals surface area (Å²) in [6, 6.07) is 14.4. The fourth-order valence-corrected chi connectivity index (χ4v) is 5.54. The largest absolute Gasteiger partial charge is 0.488 e. The molecule has 0 saturated heterocycles. The number of carbonyl (C=O) groups excluding carboxylic acids is 1. The number of hydrogen-bond donors (Lipinski definition) is 2. The van der Waals surface area contributed by atoms with Crippen LogP contribution in [0.1, 0.15) is 29.8 Å². The van der Waals surface area contributed by atoms with Gasteiger partial charge in [-0.25, -0.2) is 4.98 Å². The van der Waals surface area contributed by atoms with Crippen molar-refractivity contribution in [2.75, 3.05) is 31.5 Å². The minimum absolute atomic E-state index is 0.0262. The number of likely N-dealkylation sites (N-methyl/N-ethyl adjacent to an activating group) is 1. The molecule has 3 aromatic rings. The van der Waals surface area contributed by atoms with Crippen LogP contribution in [0.4, 0.5) is 5.69 Å². The van der Waals surface area contributed by atoms with E-state index in [1.165, 1.54) is 28.7 Å². The maximum atomic E-state index is 13.6. The summed E-state index contributed by atoms with van der Waals surface area (Å²) in [5.41, 5.74) is 1.63. The lowest BCUT2D eigenvalue weighted by molar-refractivity contribution is 0.0341. The van der Waals surface area contributed by atoms with Crippen LogP contribution in [0.5, 0.6) is 5.75 Å². The van der Waals surface area contributed by atoms with Gasteiger partial charge in [0.05, 0.1) is 24.5 Å². The van der Waals surface area contributed by atoms with Gasteiger partial charge in [-0.2, -0.15) is 8.42 Å². The third-order valence-electron chi connectivity index (χ3n) is 6.66. The Labute approximate surface area is 223 Å². The minimum atomic E-state index is -3.95. The number of hydrogen-bond acceptors (Lipinski definition) is 7. The first kappa shape index (κ1) is 27.6. The van der Waals surface area contributed by atoms with Gasteiger partial charge in [-0.3, -0.25) is 14.4 Å². The lowest BCUT2D eigenvalue weighted by Gasteiger charge is -2.38. The zero-order valence-electron chi connectivity index (χ0n) is 22.1. The lowest BCUT2D eigenvalue weighted by Crippen LogP contribution is -2.49. The van der Waals surface area contributed by atoms with E-state index in [0.29, 0.717) is 18.8 Å². The predicted octanol–water partition coefficient (Wildman–Crippen LogP) is 2.57. The highest BCUT2D eigenvalue weighted by Gasteiger charge is 2.34. The molecule has 0 bridgehead atoms. The van der Waals surface area contributed by atoms with E-state index in [0.717, 1.165) is 6.54 Å². The van der Waals surface area contributed by atoms with Crippen molar-refractivity contribution in [3.05, 3.63) is 72.2 Å². The lowest BCUT2D eigenvalue weighted by atomic mass is 9.99. The maximum Gasteiger partial charge on any atom is 0.280 e. The van der Waals surface area contributed by atoms with Gasteiger partial charge in [-0.1, -0.05) is 37.3 Å². The van der Waals surface area contributed by atoms with Crippen molar-refractivity contribution < 1.29 is 23.1 Å². The number of fused-ring (bicyclic) bond motifs is 1. The van der Waals surface area contributed by atoms with Crippen LogP contribution in [0.25, 0.3) is 0 Å². The number of aliphatic hydroxyl groups is 1. The minimum Gasteiger partial charge on any atom is -0.488 e. The molecule has 0 aliphatic carbocycles. The Kier molecular flexibility index (Phi) is 8.39. The molecule has 0 spiro atoms. The summed E-state index contributed by atoms with van der Waals surface area (Å²) >= 11 is 0. The molecule has 10 nitrogen and oxygen atoms in total. The Morgan fingerprint density at radius 2 is 1.97 bits per heavy atom. The van der Waals surface area contributed by atoms with Crippen molar-refractivity contribution in [3.63, 3.8) is 0 Å². The van der Waals surface area contributed by atoms with Crippen LogP contribution in [0, 0.1) is 5.92 Å². The molecule has 2 aromatic carbocycles. The van der Waals surface area contributed by atoms with Crippen molar-refractivity contribution in [3.8, 4) is 5.75 Å². The number of aromatic nitrogens is 2. The zero-order valence-corrected chi connectivity index (χ0v) is 22.9. The molecule has 0 unspecified atom stereocenters. The van der Waals surface area contributed by atoms with Crippen molar-refractivity contribution in [2.45, 2.75) is 37.6 Å². The smallest absolute Gasteiger partial charge is 0.280 e. The second kappa shape index (κ2) is 11.5. The summed E-state index contributed by atoms with van der Waals surface area (Å²) in [6.07, 6.45) is 2.55. The van der Waals surface area contributed by atoms with E-state index in [4.69, 9.17) is 4.74 Å². The highest BCUT2D eigenvalue weighted by atomic mass is 32.2. The average Bonchev–Trinajstić information content (AvgIpc) is 3.34. The molecule has 2 N–H and O–H groups in total. The molecular formula is C27H35N5O5S. The molecular weight excluding hydrogens is 506 g/mol. The monoisotopic (exact) mass is 541 g/mol. The molecule has 4 rings (SSSR count). The highest BCUT2D eigenvalue weighted by Crippen LogP contribution is 2.31. The number of aryl methyl sites for hydroxylation is 1. The van der Waals surface area contributed by atoms with Crippen molar-refractivity contribution in [1.29, 1.82) is 0 Å². The number of carbonyl (C=O) groups is 1. The normalized spacial score (nSPS) is 18.9. The van der Waals surface area contributed by atoms with Gasteiger partial charge >= 0.3 is 0 Å². The van der Waals surface area contributed by atoms with Gasteiger partial charge in [0, 0.05) is 44.5 Å². The van der Waals surface area contributed by atoms with Gasteiger partial charge in [-0.05, 0) is 37.7 Å². The number of ether oxygens (including phenoxy) is 1. The third kappa shape index (κ3) is 6.35. The van der Waals surface area contributed by atoms with E-state index in [2.05, 4.69) is 26.7 Å². The molecule has 0 fully saturated rings. The summed E-state index contributed by atoms with van der Waals surface area (Å²) in [7, 11) is -0.242. The highest BCUT2D eigenvalue weighted by molar-refractivity contribution is 7.92. The van der Waals surface area contributed by atoms with E-state index >= 15 is 0 Å². The van der Waals surface area contributed by atoms with Crippen LogP contribution in [-0.2, 0) is 23.6 Å². The average molecular weight is 542 g/mol. The Morgan fingerprint density at radius 1 is 1.24 bits per heavy atom. The second-order valence-electron chi connectivity index (χ2n) is 10.00. The number of benzene rings is 2. The SMILES string of the molecule is C[C@H]1CN([C@@H](C)CO)C(=O)c2cc(NS(=O)(=O)c3cn(C)cn3)ccc2O[C@H]1CN(C)Cc1ccccc1. The van der Waals surface area contributed by atoms with Crippen LogP contribution in [-0.4, -0.2) is 77.7 Å². The van der Waals surface area contributed by atoms with E-state index in [9.17, 15) is 18.3 Å². The molecule has 1 aromatic heterocycles. The van der Waals surface area contributed by atoms with Crippen molar-refractivity contribution in [2.24, 2.45) is 13.0 Å². The van der Waals surface area contributed by atoms with Gasteiger partial charge in [0.15, 0.2) is 5.03 Å². The first-order valence-electron chi connectivity index (χ1n) is 12.5. The summed E-state index contributed by atoms with van der Waals surface area (Å²) in [4.78, 5) is 21.4. The fourth-order valence-electron chi connectivity index (χ4n) is 4.51. The van der Waals surface area contributed by atoms with Gasteiger partial charge in [0.25, 0.3) is 15.9 Å². The zero-order chi connectivity index (χ0) is 27.4. The maximum absolute atomic E-state index is 13.6. The van der Waals surface area contributed by atoms with E-state index in [1.807, 2.05) is 32.2 Å². The number of sulfonamides is 1. The van der Waals surface area contributed by atoms with Crippen LogP contribution in [0.3, 0.4) is 0 Å². The van der Waals surface area contributed by atoms with E-state index in [-0.39, 0.29) is 40.8 Å². The Bertz CT molecular complexity index is 1360. The Balaban J connectivity index is 1.63. The molecule has 3 atom stereocenters. The topological polar surface area (TPSA) is 117 Å². The molecule has 204 valence electrons. The third-order valence-corrected chi connectivity index (χ3v) is 7.93. The number of rotatable bonds is 9. The van der Waals surface area contributed by atoms with Crippen LogP contribution >= 0.6 is 0 Å². The molecule has 38 heavy (non-hydrogen) atoms. The summed E-state index contributed by atoms with van der Waals surface area (Å²) < 4.78 is 36.1. The van der Waals surface area contributed by atoms with Crippen molar-refractivity contribution in [1.82, 2.24) is 19.4 Å². The van der Waals surface area contributed by atoms with Crippen LogP contribution < -0.4 is 9.46 Å². The molecule has 11 heteroatoms. The van der Waals surface area contributed by atoms with Gasteiger partial charge in [0.2, 0.25) is 0 Å². The number of imidazole rings is 1. The number of nitrogens with one attached hydrogen (secondary N) is 1. The second-order valence-corrected chi connectivity index (χ2v) is 11.6. The number of anilines is 1. The summed E-state index contributed by atoms with van der Waals surface area (Å²) in [5, 5.41) is 9.75. The number of amides is 1. The van der Waals surface area contributed by atoms with Crippen molar-refractivity contribution >= 4 is 21.6 Å². The van der Waals surface area contributed by atoms with E-state index in [1.54, 1.807) is 31.0 Å². The number of nitrogens with zero attached hydrogens (tertiary/aromatic N) is 4. The first-order valence-corrected chi connectivity index (χ1v) is 14.0. The van der Waals surface area contributed by atoms with Gasteiger partial charge in [0.1, 0.15) is 11.9 Å². The standard InChI is InChI=1S/C27H35N5O5S/c1-19-13-32(20(2)17-33)27(34)23-12-22(29-38(35,36)26-16-31(4)18-28-26)10-11-24(23)37-25(19)15-30(3)14-21-8-6-5-7-9-21/h5-12,16,18-20,25,29,33H,13-15,17H2,1-4H3/t19-,20-,25-/m0/s1. The molecule has 1 aliphatic heterocycles. The Hall–Kier alpha value is -3.41. The fraction of sp³-hybridized carbons (Fsp3) is 0.407. The molecule has 1 aliphatic rings. The predicted molar refractivity (Wildman–Crippen MR) is 144 cm³/mol. The van der Waals surface area contributed by atoms with Gasteiger partial charge in [-0.15, -0.1) is 0 Å². The van der Waals surface area contributed by atoms with Crippen LogP contribution in [0.15, 0.2) is 66.1 Å². The van der Waals surface area contributed by atoms with Crippen LogP contribution in [0.2, 0.25) is 0 Å². The Morgan fingerprint density at radius 3 is 2.63 bits per heavy atom. The van der Waals surface area contributed by atoms with Gasteiger partial charge < -0.3 is 19.3 Å². The molecule has 0 radical (unpaired) electrons. The quantitative estimate of drug-likeness (QED) is 0.428. The summed E-state index contributed by atoms with van der Waals surface area (Å²) in [6.45, 7) is 5.36.